The molecule has 2 aliphatic carbocycles. The van der Waals surface area contributed by atoms with Gasteiger partial charge in [0.1, 0.15) is 0 Å². The van der Waals surface area contributed by atoms with Crippen LogP contribution in [-0.4, -0.2) is 17.7 Å². The van der Waals surface area contributed by atoms with Crippen molar-refractivity contribution in [3.05, 3.63) is 54.0 Å². The summed E-state index contributed by atoms with van der Waals surface area (Å²) in [6.07, 6.45) is 18.1. The van der Waals surface area contributed by atoms with E-state index >= 15 is 0 Å². The van der Waals surface area contributed by atoms with Crippen LogP contribution in [0, 0.1) is 5.92 Å². The van der Waals surface area contributed by atoms with Crippen molar-refractivity contribution in [1.82, 2.24) is 10.3 Å². The van der Waals surface area contributed by atoms with E-state index in [0.717, 1.165) is 13.0 Å². The van der Waals surface area contributed by atoms with Crippen LogP contribution in [0.25, 0.3) is 0 Å². The predicted octanol–water partition coefficient (Wildman–Crippen LogP) is 3.98. The Labute approximate surface area is 133 Å². The van der Waals surface area contributed by atoms with Crippen molar-refractivity contribution in [3.8, 4) is 0 Å². The standard InChI is InChI=1S/C19H26N2O/c1-22-19(17-7-3-2-4-8-17)11-9-18(10-12-19)21-15-16-6-5-13-20-14-16/h5-6,9-11,13-14,17,21H,2-4,7-8,12,15H2,1H3. The number of allylic oxidation sites excluding steroid dienone is 1. The second-order valence-corrected chi connectivity index (χ2v) is 6.41. The number of nitrogens with zero attached hydrogens (tertiary/aromatic N) is 1. The summed E-state index contributed by atoms with van der Waals surface area (Å²) in [6.45, 7) is 0.813. The fourth-order valence-corrected chi connectivity index (χ4v) is 3.69. The number of hydrogen-bond acceptors (Lipinski definition) is 3. The van der Waals surface area contributed by atoms with Crippen molar-refractivity contribution in [2.24, 2.45) is 5.92 Å². The number of ether oxygens (including phenoxy) is 1. The van der Waals surface area contributed by atoms with E-state index < -0.39 is 0 Å². The van der Waals surface area contributed by atoms with Gasteiger partial charge in [-0.2, -0.15) is 0 Å². The first-order valence-electron chi connectivity index (χ1n) is 8.40. The molecule has 1 heterocycles. The Morgan fingerprint density at radius 3 is 2.82 bits per heavy atom. The molecule has 1 saturated carbocycles. The Hall–Kier alpha value is -1.61. The third-order valence-electron chi connectivity index (χ3n) is 5.08. The Morgan fingerprint density at radius 2 is 2.18 bits per heavy atom. The molecule has 0 aliphatic heterocycles. The van der Waals surface area contributed by atoms with E-state index in [-0.39, 0.29) is 5.60 Å². The number of methoxy groups -OCH3 is 1. The molecule has 1 aromatic heterocycles. The van der Waals surface area contributed by atoms with Gasteiger partial charge in [-0.3, -0.25) is 4.98 Å². The van der Waals surface area contributed by atoms with Gasteiger partial charge in [0.05, 0.1) is 5.60 Å². The van der Waals surface area contributed by atoms with Crippen molar-refractivity contribution in [2.45, 2.75) is 50.7 Å². The number of hydrogen-bond donors (Lipinski definition) is 1. The fourth-order valence-electron chi connectivity index (χ4n) is 3.69. The maximum Gasteiger partial charge on any atom is 0.0925 e. The highest BCUT2D eigenvalue weighted by molar-refractivity contribution is 5.28. The van der Waals surface area contributed by atoms with Gasteiger partial charge in [-0.05, 0) is 36.5 Å². The van der Waals surface area contributed by atoms with Gasteiger partial charge in [-0.25, -0.2) is 0 Å². The molecule has 118 valence electrons. The Morgan fingerprint density at radius 1 is 1.32 bits per heavy atom. The van der Waals surface area contributed by atoms with Crippen LogP contribution in [0.4, 0.5) is 0 Å². The quantitative estimate of drug-likeness (QED) is 0.893. The molecular weight excluding hydrogens is 272 g/mol. The molecule has 1 atom stereocenters. The van der Waals surface area contributed by atoms with E-state index in [1.54, 1.807) is 6.20 Å². The lowest BCUT2D eigenvalue weighted by molar-refractivity contribution is -0.0295. The molecule has 0 saturated heterocycles. The highest BCUT2D eigenvalue weighted by atomic mass is 16.5. The third kappa shape index (κ3) is 3.41. The topological polar surface area (TPSA) is 34.1 Å². The maximum atomic E-state index is 5.96. The molecular formula is C19H26N2O. The van der Waals surface area contributed by atoms with Gasteiger partial charge in [0.25, 0.3) is 0 Å². The largest absolute Gasteiger partial charge is 0.381 e. The first-order valence-corrected chi connectivity index (χ1v) is 8.40. The molecule has 1 unspecified atom stereocenters. The normalized spacial score (nSPS) is 25.8. The van der Waals surface area contributed by atoms with Crippen LogP contribution in [0.5, 0.6) is 0 Å². The molecule has 1 N–H and O–H groups in total. The zero-order valence-electron chi connectivity index (χ0n) is 13.4. The Bertz CT molecular complexity index is 532. The molecule has 3 heteroatoms. The molecule has 2 aliphatic rings. The van der Waals surface area contributed by atoms with E-state index in [4.69, 9.17) is 4.74 Å². The van der Waals surface area contributed by atoms with Crippen molar-refractivity contribution in [3.63, 3.8) is 0 Å². The van der Waals surface area contributed by atoms with Crippen LogP contribution in [0.1, 0.15) is 44.1 Å². The SMILES string of the molecule is COC1(C2CCCCC2)C=CC(NCc2cccnc2)=CC1. The minimum absolute atomic E-state index is 0.0834. The van der Waals surface area contributed by atoms with Crippen LogP contribution in [-0.2, 0) is 11.3 Å². The van der Waals surface area contributed by atoms with Crippen LogP contribution in [0.15, 0.2) is 48.5 Å². The van der Waals surface area contributed by atoms with Crippen molar-refractivity contribution < 1.29 is 4.74 Å². The average molecular weight is 298 g/mol. The lowest BCUT2D eigenvalue weighted by atomic mass is 9.73. The van der Waals surface area contributed by atoms with Gasteiger partial charge in [0, 0.05) is 38.2 Å². The highest BCUT2D eigenvalue weighted by Crippen LogP contribution is 2.40. The first kappa shape index (κ1) is 15.3. The number of nitrogens with one attached hydrogen (secondary N) is 1. The minimum atomic E-state index is -0.0834. The van der Waals surface area contributed by atoms with E-state index in [0.29, 0.717) is 5.92 Å². The number of rotatable bonds is 5. The summed E-state index contributed by atoms with van der Waals surface area (Å²) in [5, 5.41) is 3.48. The molecule has 3 nitrogen and oxygen atoms in total. The van der Waals surface area contributed by atoms with E-state index in [1.165, 1.54) is 43.4 Å². The van der Waals surface area contributed by atoms with Crippen molar-refractivity contribution in [1.29, 1.82) is 0 Å². The van der Waals surface area contributed by atoms with E-state index in [2.05, 4.69) is 34.6 Å². The molecule has 0 spiro atoms. The molecule has 0 aromatic carbocycles. The molecule has 1 fully saturated rings. The summed E-state index contributed by atoms with van der Waals surface area (Å²) in [5.74, 6) is 0.665. The Balaban J connectivity index is 1.59. The second-order valence-electron chi connectivity index (χ2n) is 6.41. The predicted molar refractivity (Wildman–Crippen MR) is 89.2 cm³/mol. The Kier molecular flexibility index (Phi) is 4.94. The average Bonchev–Trinajstić information content (AvgIpc) is 2.62. The smallest absolute Gasteiger partial charge is 0.0925 e. The highest BCUT2D eigenvalue weighted by Gasteiger charge is 2.37. The number of aromatic nitrogens is 1. The maximum absolute atomic E-state index is 5.96. The zero-order valence-corrected chi connectivity index (χ0v) is 13.4. The molecule has 0 bridgehead atoms. The van der Waals surface area contributed by atoms with Gasteiger partial charge in [-0.1, -0.05) is 37.5 Å². The van der Waals surface area contributed by atoms with Crippen molar-refractivity contribution >= 4 is 0 Å². The van der Waals surface area contributed by atoms with Crippen LogP contribution in [0.2, 0.25) is 0 Å². The summed E-state index contributed by atoms with van der Waals surface area (Å²) in [4.78, 5) is 4.15. The van der Waals surface area contributed by atoms with Gasteiger partial charge in [0.15, 0.2) is 0 Å². The van der Waals surface area contributed by atoms with Gasteiger partial charge < -0.3 is 10.1 Å². The summed E-state index contributed by atoms with van der Waals surface area (Å²) < 4.78 is 5.96. The summed E-state index contributed by atoms with van der Waals surface area (Å²) in [6, 6.07) is 4.07. The molecule has 3 rings (SSSR count). The van der Waals surface area contributed by atoms with Gasteiger partial charge in [-0.15, -0.1) is 0 Å². The van der Waals surface area contributed by atoms with Crippen molar-refractivity contribution in [2.75, 3.05) is 7.11 Å². The number of pyridine rings is 1. The lowest BCUT2D eigenvalue weighted by Crippen LogP contribution is -2.40. The summed E-state index contributed by atoms with van der Waals surface area (Å²) in [5.41, 5.74) is 2.31. The third-order valence-corrected chi connectivity index (χ3v) is 5.08. The molecule has 0 radical (unpaired) electrons. The van der Waals surface area contributed by atoms with E-state index in [9.17, 15) is 0 Å². The lowest BCUT2D eigenvalue weighted by Gasteiger charge is -2.40. The monoisotopic (exact) mass is 298 g/mol. The van der Waals surface area contributed by atoms with Crippen LogP contribution < -0.4 is 5.32 Å². The van der Waals surface area contributed by atoms with Crippen LogP contribution in [0.3, 0.4) is 0 Å². The van der Waals surface area contributed by atoms with Gasteiger partial charge >= 0.3 is 0 Å². The summed E-state index contributed by atoms with van der Waals surface area (Å²) >= 11 is 0. The fraction of sp³-hybridized carbons (Fsp3) is 0.526. The zero-order chi connectivity index (χ0) is 15.3. The molecule has 22 heavy (non-hydrogen) atoms. The second kappa shape index (κ2) is 7.10. The molecule has 0 amide bonds. The van der Waals surface area contributed by atoms with Gasteiger partial charge in [0.2, 0.25) is 0 Å². The van der Waals surface area contributed by atoms with Crippen LogP contribution >= 0.6 is 0 Å². The summed E-state index contributed by atoms with van der Waals surface area (Å²) in [7, 11) is 1.86. The molecule has 1 aromatic rings. The first-order chi connectivity index (χ1) is 10.8. The minimum Gasteiger partial charge on any atom is -0.381 e. The van der Waals surface area contributed by atoms with E-state index in [1.807, 2.05) is 19.4 Å².